The van der Waals surface area contributed by atoms with Crippen LogP contribution in [0.4, 0.5) is 5.69 Å². The highest BCUT2D eigenvalue weighted by molar-refractivity contribution is 6.02. The number of rotatable bonds is 6. The highest BCUT2D eigenvalue weighted by atomic mass is 16.5. The summed E-state index contributed by atoms with van der Waals surface area (Å²) >= 11 is 0. The minimum Gasteiger partial charge on any atom is -0.504 e. The number of aromatic hydroxyl groups is 1. The summed E-state index contributed by atoms with van der Waals surface area (Å²) in [7, 11) is 0. The lowest BCUT2D eigenvalue weighted by Gasteiger charge is -2.52. The van der Waals surface area contributed by atoms with Crippen LogP contribution in [0.1, 0.15) is 50.6 Å². The number of nitrogens with one attached hydrogen (secondary N) is 1. The third-order valence-electron chi connectivity index (χ3n) is 7.71. The van der Waals surface area contributed by atoms with Gasteiger partial charge in [-0.15, -0.1) is 0 Å². The Morgan fingerprint density at radius 1 is 1.11 bits per heavy atom. The van der Waals surface area contributed by atoms with Gasteiger partial charge in [-0.3, -0.25) is 9.69 Å². The van der Waals surface area contributed by atoms with E-state index in [0.29, 0.717) is 25.3 Å². The number of amides is 1. The van der Waals surface area contributed by atoms with Crippen LogP contribution < -0.4 is 10.1 Å². The van der Waals surface area contributed by atoms with Crippen molar-refractivity contribution < 1.29 is 19.7 Å². The van der Waals surface area contributed by atoms with Gasteiger partial charge >= 0.3 is 0 Å². The number of nitrogens with zero attached hydrogens (tertiary/aromatic N) is 1. The first kappa shape index (κ1) is 23.6. The molecule has 0 spiro atoms. The van der Waals surface area contributed by atoms with Gasteiger partial charge in [-0.2, -0.15) is 0 Å². The number of carbonyl (C=O) groups excluding carboxylic acids is 1. The fourth-order valence-electron chi connectivity index (χ4n) is 6.06. The minimum atomic E-state index is -0.727. The molecule has 1 aliphatic heterocycles. The van der Waals surface area contributed by atoms with Gasteiger partial charge in [0.25, 0.3) is 0 Å². The predicted octanol–water partition coefficient (Wildman–Crippen LogP) is 5.25. The number of likely N-dealkylation sites (tertiary alicyclic amines) is 1. The van der Waals surface area contributed by atoms with Crippen molar-refractivity contribution in [3.8, 4) is 11.5 Å². The van der Waals surface area contributed by atoms with Gasteiger partial charge in [-0.05, 0) is 55.3 Å². The predicted molar refractivity (Wildman–Crippen MR) is 138 cm³/mol. The third-order valence-corrected chi connectivity index (χ3v) is 7.71. The monoisotopic (exact) mass is 474 g/mol. The maximum Gasteiger partial charge on any atom is 0.238 e. The number of phenols is 1. The van der Waals surface area contributed by atoms with Crippen molar-refractivity contribution in [3.05, 3.63) is 66.2 Å². The molecule has 184 valence electrons. The van der Waals surface area contributed by atoms with E-state index in [1.807, 2.05) is 61.5 Å². The van der Waals surface area contributed by atoms with Gasteiger partial charge in [-0.25, -0.2) is 0 Å². The zero-order valence-corrected chi connectivity index (χ0v) is 20.2. The molecule has 2 fully saturated rings. The van der Waals surface area contributed by atoms with Crippen LogP contribution in [-0.2, 0) is 4.79 Å². The van der Waals surface area contributed by atoms with E-state index in [1.165, 1.54) is 0 Å². The van der Waals surface area contributed by atoms with E-state index < -0.39 is 5.60 Å². The van der Waals surface area contributed by atoms with Crippen LogP contribution in [0, 0.1) is 5.92 Å². The summed E-state index contributed by atoms with van der Waals surface area (Å²) in [4.78, 5) is 15.5. The van der Waals surface area contributed by atoms with E-state index >= 15 is 0 Å². The fourth-order valence-corrected chi connectivity index (χ4v) is 6.06. The quantitative estimate of drug-likeness (QED) is 0.455. The van der Waals surface area contributed by atoms with Gasteiger partial charge in [0, 0.05) is 29.6 Å². The molecule has 35 heavy (non-hydrogen) atoms. The molecular weight excluding hydrogens is 440 g/mol. The van der Waals surface area contributed by atoms with E-state index in [-0.39, 0.29) is 30.2 Å². The summed E-state index contributed by atoms with van der Waals surface area (Å²) < 4.78 is 5.66. The van der Waals surface area contributed by atoms with E-state index in [0.717, 1.165) is 47.7 Å². The molecule has 3 N–H and O–H groups in total. The number of hydrogen-bond donors (Lipinski definition) is 3. The van der Waals surface area contributed by atoms with Gasteiger partial charge < -0.3 is 20.3 Å². The maximum absolute atomic E-state index is 13.3. The SMILES string of the molecule is CCOc1cc([C@H]2[C@@H]3CCCC[C@]3(O)CCN2CC(=O)Nc2cccc3ccccc23)ccc1O. The first-order valence-corrected chi connectivity index (χ1v) is 12.7. The fraction of sp³-hybridized carbons (Fsp3) is 0.414. The number of benzene rings is 3. The molecule has 6 nitrogen and oxygen atoms in total. The van der Waals surface area contributed by atoms with Crippen LogP contribution in [-0.4, -0.2) is 46.3 Å². The minimum absolute atomic E-state index is 0.0226. The lowest BCUT2D eigenvalue weighted by atomic mass is 9.66. The van der Waals surface area contributed by atoms with Crippen LogP contribution >= 0.6 is 0 Å². The van der Waals surface area contributed by atoms with E-state index in [1.54, 1.807) is 6.07 Å². The zero-order valence-electron chi connectivity index (χ0n) is 20.2. The Hall–Kier alpha value is -3.09. The number of ether oxygens (including phenoxy) is 1. The van der Waals surface area contributed by atoms with E-state index in [9.17, 15) is 15.0 Å². The van der Waals surface area contributed by atoms with Crippen molar-refractivity contribution in [3.63, 3.8) is 0 Å². The van der Waals surface area contributed by atoms with Crippen LogP contribution in [0.25, 0.3) is 10.8 Å². The normalized spacial score (nSPS) is 24.6. The Kier molecular flexibility index (Phi) is 6.67. The molecule has 1 saturated carbocycles. The van der Waals surface area contributed by atoms with E-state index in [4.69, 9.17) is 4.74 Å². The van der Waals surface area contributed by atoms with Crippen LogP contribution in [0.5, 0.6) is 11.5 Å². The highest BCUT2D eigenvalue weighted by Gasteiger charge is 2.49. The second-order valence-electron chi connectivity index (χ2n) is 9.86. The van der Waals surface area contributed by atoms with Crippen molar-refractivity contribution in [2.24, 2.45) is 5.92 Å². The Balaban J connectivity index is 1.43. The molecule has 1 saturated heterocycles. The van der Waals surface area contributed by atoms with Gasteiger partial charge in [-0.1, -0.05) is 55.3 Å². The maximum atomic E-state index is 13.3. The molecule has 3 aromatic rings. The molecule has 0 aromatic heterocycles. The number of carbonyl (C=O) groups is 1. The number of phenolic OH excluding ortho intramolecular Hbond substituents is 1. The van der Waals surface area contributed by atoms with Crippen LogP contribution in [0.2, 0.25) is 0 Å². The van der Waals surface area contributed by atoms with Crippen molar-refractivity contribution >= 4 is 22.4 Å². The summed E-state index contributed by atoms with van der Waals surface area (Å²) in [5.41, 5.74) is 1.04. The van der Waals surface area contributed by atoms with Crippen molar-refractivity contribution in [1.29, 1.82) is 0 Å². The Morgan fingerprint density at radius 2 is 1.94 bits per heavy atom. The second-order valence-corrected chi connectivity index (χ2v) is 9.86. The summed E-state index contributed by atoms with van der Waals surface area (Å²) in [5.74, 6) is 0.492. The average Bonchev–Trinajstić information content (AvgIpc) is 2.86. The first-order chi connectivity index (χ1) is 17.0. The van der Waals surface area contributed by atoms with Gasteiger partial charge in [0.1, 0.15) is 0 Å². The molecule has 0 radical (unpaired) electrons. The summed E-state index contributed by atoms with van der Waals surface area (Å²) in [6, 6.07) is 19.2. The molecule has 3 aromatic carbocycles. The van der Waals surface area contributed by atoms with Gasteiger partial charge in [0.15, 0.2) is 11.5 Å². The Bertz CT molecular complexity index is 1210. The number of fused-ring (bicyclic) bond motifs is 2. The zero-order chi connectivity index (χ0) is 24.4. The lowest BCUT2D eigenvalue weighted by molar-refractivity contribution is -0.135. The standard InChI is InChI=1S/C29H34N2O4/c1-2-35-26-18-21(13-14-25(26)32)28-23-11-5-6-15-29(23,34)16-17-31(28)19-27(33)30-24-12-7-9-20-8-3-4-10-22(20)24/h3-4,7-10,12-14,18,23,28,32,34H,2,5-6,11,15-17,19H2,1H3,(H,30,33)/t23-,28-,29-/m0/s1. The molecular formula is C29H34N2O4. The molecule has 3 atom stereocenters. The molecule has 2 aliphatic rings. The molecule has 0 bridgehead atoms. The van der Waals surface area contributed by atoms with E-state index in [2.05, 4.69) is 10.2 Å². The van der Waals surface area contributed by atoms with Crippen molar-refractivity contribution in [2.75, 3.05) is 25.0 Å². The molecule has 0 unspecified atom stereocenters. The average molecular weight is 475 g/mol. The molecule has 1 amide bonds. The molecule has 1 aliphatic carbocycles. The highest BCUT2D eigenvalue weighted by Crippen LogP contribution is 2.50. The van der Waals surface area contributed by atoms with Gasteiger partial charge in [0.2, 0.25) is 5.91 Å². The smallest absolute Gasteiger partial charge is 0.238 e. The number of aliphatic hydroxyl groups is 1. The number of anilines is 1. The second kappa shape index (κ2) is 9.88. The third kappa shape index (κ3) is 4.73. The van der Waals surface area contributed by atoms with Crippen LogP contribution in [0.15, 0.2) is 60.7 Å². The summed E-state index contributed by atoms with van der Waals surface area (Å²) in [5, 5.41) is 27.0. The first-order valence-electron chi connectivity index (χ1n) is 12.7. The largest absolute Gasteiger partial charge is 0.504 e. The Morgan fingerprint density at radius 3 is 2.80 bits per heavy atom. The lowest BCUT2D eigenvalue weighted by Crippen LogP contribution is -2.56. The number of hydrogen-bond acceptors (Lipinski definition) is 5. The molecule has 6 heteroatoms. The van der Waals surface area contributed by atoms with Crippen LogP contribution in [0.3, 0.4) is 0 Å². The topological polar surface area (TPSA) is 82.0 Å². The molecule has 5 rings (SSSR count). The van der Waals surface area contributed by atoms with Gasteiger partial charge in [0.05, 0.1) is 18.8 Å². The Labute approximate surface area is 206 Å². The summed E-state index contributed by atoms with van der Waals surface area (Å²) in [6.45, 7) is 3.19. The molecule has 1 heterocycles. The van der Waals surface area contributed by atoms with Crippen molar-refractivity contribution in [2.45, 2.75) is 50.7 Å². The number of piperidine rings is 1. The summed E-state index contributed by atoms with van der Waals surface area (Å²) in [6.07, 6.45) is 4.46. The van der Waals surface area contributed by atoms with Crippen molar-refractivity contribution in [1.82, 2.24) is 4.90 Å².